The lowest BCUT2D eigenvalue weighted by molar-refractivity contribution is 0.504. The van der Waals surface area contributed by atoms with Gasteiger partial charge in [0.2, 0.25) is 0 Å². The van der Waals surface area contributed by atoms with Gasteiger partial charge in [0.25, 0.3) is 0 Å². The van der Waals surface area contributed by atoms with Gasteiger partial charge < -0.3 is 4.57 Å². The first-order chi connectivity index (χ1) is 8.29. The highest BCUT2D eigenvalue weighted by molar-refractivity contribution is 5.83. The molecular formula is C16H17N. The van der Waals surface area contributed by atoms with E-state index in [4.69, 9.17) is 0 Å². The second-order valence-electron chi connectivity index (χ2n) is 4.74. The number of fused-ring (bicyclic) bond motifs is 1. The number of aromatic nitrogens is 1. The van der Waals surface area contributed by atoms with Crippen molar-refractivity contribution < 1.29 is 0 Å². The lowest BCUT2D eigenvalue weighted by Gasteiger charge is -2.19. The van der Waals surface area contributed by atoms with Crippen LogP contribution < -0.4 is 10.7 Å². The molecule has 0 bridgehead atoms. The number of nitrogens with zero attached hydrogens (tertiary/aromatic N) is 1. The Morgan fingerprint density at radius 3 is 2.24 bits per heavy atom. The van der Waals surface area contributed by atoms with Gasteiger partial charge in [0.05, 0.1) is 6.04 Å². The lowest BCUT2D eigenvalue weighted by atomic mass is 10.0. The number of rotatable bonds is 1. The molecule has 1 aliphatic carbocycles. The SMILES string of the molecule is C=c1c2ccccc2c(=C)n1C1C=CCCC1. The molecular weight excluding hydrogens is 206 g/mol. The normalized spacial score (nSPS) is 19.9. The number of allylic oxidation sites excluding steroid dienone is 2. The minimum absolute atomic E-state index is 0.441. The fourth-order valence-corrected chi connectivity index (χ4v) is 2.82. The van der Waals surface area contributed by atoms with Crippen molar-refractivity contribution in [2.75, 3.05) is 0 Å². The molecule has 2 aromatic rings. The van der Waals surface area contributed by atoms with Crippen LogP contribution in [0.15, 0.2) is 36.4 Å². The van der Waals surface area contributed by atoms with Crippen molar-refractivity contribution in [3.05, 3.63) is 47.1 Å². The highest BCUT2D eigenvalue weighted by Gasteiger charge is 2.13. The molecule has 1 nitrogen and oxygen atoms in total. The van der Waals surface area contributed by atoms with E-state index in [0.29, 0.717) is 6.04 Å². The molecule has 1 heteroatoms. The molecule has 1 aromatic carbocycles. The van der Waals surface area contributed by atoms with Gasteiger partial charge in [-0.2, -0.15) is 0 Å². The Morgan fingerprint density at radius 1 is 1.06 bits per heavy atom. The first-order valence-corrected chi connectivity index (χ1v) is 6.22. The Hall–Kier alpha value is -1.76. The second kappa shape index (κ2) is 3.92. The summed E-state index contributed by atoms with van der Waals surface area (Å²) in [7, 11) is 0. The third-order valence-corrected chi connectivity index (χ3v) is 3.69. The Kier molecular flexibility index (Phi) is 2.40. The second-order valence-corrected chi connectivity index (χ2v) is 4.74. The van der Waals surface area contributed by atoms with Gasteiger partial charge >= 0.3 is 0 Å². The Labute approximate surface area is 101 Å². The summed E-state index contributed by atoms with van der Waals surface area (Å²) in [6, 6.07) is 8.84. The van der Waals surface area contributed by atoms with E-state index in [-0.39, 0.29) is 0 Å². The molecule has 0 amide bonds. The van der Waals surface area contributed by atoms with E-state index in [1.165, 1.54) is 30.0 Å². The molecule has 0 spiro atoms. The van der Waals surface area contributed by atoms with Gasteiger partial charge in [-0.25, -0.2) is 0 Å². The zero-order chi connectivity index (χ0) is 11.8. The summed E-state index contributed by atoms with van der Waals surface area (Å²) in [6.45, 7) is 8.47. The van der Waals surface area contributed by atoms with E-state index in [1.54, 1.807) is 0 Å². The van der Waals surface area contributed by atoms with Crippen LogP contribution in [0.2, 0.25) is 0 Å². The molecule has 1 atom stereocenters. The maximum absolute atomic E-state index is 4.23. The summed E-state index contributed by atoms with van der Waals surface area (Å²) >= 11 is 0. The van der Waals surface area contributed by atoms with Gasteiger partial charge in [-0.3, -0.25) is 0 Å². The van der Waals surface area contributed by atoms with Crippen LogP contribution in [0.3, 0.4) is 0 Å². The number of hydrogen-bond acceptors (Lipinski definition) is 0. The molecule has 1 unspecified atom stereocenters. The summed E-state index contributed by atoms with van der Waals surface area (Å²) in [4.78, 5) is 0. The predicted molar refractivity (Wildman–Crippen MR) is 74.3 cm³/mol. The quantitative estimate of drug-likeness (QED) is 0.655. The van der Waals surface area contributed by atoms with Crippen LogP contribution >= 0.6 is 0 Å². The molecule has 1 heterocycles. The summed E-state index contributed by atoms with van der Waals surface area (Å²) in [5, 5.41) is 4.66. The van der Waals surface area contributed by atoms with Gasteiger partial charge in [-0.05, 0) is 19.3 Å². The van der Waals surface area contributed by atoms with Gasteiger partial charge in [-0.15, -0.1) is 0 Å². The molecule has 86 valence electrons. The predicted octanol–water partition coefficient (Wildman–Crippen LogP) is 2.74. The van der Waals surface area contributed by atoms with E-state index in [9.17, 15) is 0 Å². The molecule has 0 radical (unpaired) electrons. The molecule has 3 rings (SSSR count). The van der Waals surface area contributed by atoms with Crippen LogP contribution in [0.25, 0.3) is 23.9 Å². The van der Waals surface area contributed by atoms with Gasteiger partial charge in [0.1, 0.15) is 0 Å². The Bertz CT molecular complexity index is 628. The van der Waals surface area contributed by atoms with Crippen molar-refractivity contribution in [3.63, 3.8) is 0 Å². The van der Waals surface area contributed by atoms with Gasteiger partial charge in [0.15, 0.2) is 0 Å². The molecule has 0 aliphatic heterocycles. The first kappa shape index (κ1) is 10.4. The summed E-state index contributed by atoms with van der Waals surface area (Å²) in [5.74, 6) is 0. The van der Waals surface area contributed by atoms with E-state index >= 15 is 0 Å². The standard InChI is InChI=1S/C16H17N/c1-12-15-10-6-7-11-16(15)13(2)17(12)14-8-4-3-5-9-14/h4,6-8,10-11,14H,1-3,5,9H2. The third-order valence-electron chi connectivity index (χ3n) is 3.69. The average molecular weight is 223 g/mol. The maximum Gasteiger partial charge on any atom is 0.0522 e. The molecule has 0 N–H and O–H groups in total. The highest BCUT2D eigenvalue weighted by atomic mass is 15.0. The van der Waals surface area contributed by atoms with Gasteiger partial charge in [-0.1, -0.05) is 49.6 Å². The zero-order valence-corrected chi connectivity index (χ0v) is 10.0. The van der Waals surface area contributed by atoms with Crippen molar-refractivity contribution in [3.8, 4) is 0 Å². The molecule has 0 fully saturated rings. The lowest BCUT2D eigenvalue weighted by Crippen LogP contribution is -2.29. The third kappa shape index (κ3) is 1.54. The van der Waals surface area contributed by atoms with Crippen LogP contribution in [0.1, 0.15) is 25.3 Å². The average Bonchev–Trinajstić information content (AvgIpc) is 2.64. The zero-order valence-electron chi connectivity index (χ0n) is 10.0. The smallest absolute Gasteiger partial charge is 0.0522 e. The molecule has 1 aromatic heterocycles. The number of hydrogen-bond donors (Lipinski definition) is 0. The minimum atomic E-state index is 0.441. The van der Waals surface area contributed by atoms with E-state index in [0.717, 1.165) is 10.7 Å². The molecule has 0 saturated carbocycles. The maximum atomic E-state index is 4.23. The minimum Gasteiger partial charge on any atom is -0.334 e. The van der Waals surface area contributed by atoms with E-state index < -0.39 is 0 Å². The van der Waals surface area contributed by atoms with Gasteiger partial charge in [0, 0.05) is 21.5 Å². The fourth-order valence-electron chi connectivity index (χ4n) is 2.82. The van der Waals surface area contributed by atoms with Crippen molar-refractivity contribution >= 4 is 23.9 Å². The fraction of sp³-hybridized carbons (Fsp3) is 0.250. The largest absolute Gasteiger partial charge is 0.334 e. The van der Waals surface area contributed by atoms with Crippen LogP contribution in [0, 0.1) is 0 Å². The Balaban J connectivity index is 2.30. The van der Waals surface area contributed by atoms with E-state index in [1.807, 2.05) is 0 Å². The number of benzene rings is 1. The highest BCUT2D eigenvalue weighted by Crippen LogP contribution is 2.20. The van der Waals surface area contributed by atoms with Crippen molar-refractivity contribution in [1.29, 1.82) is 0 Å². The van der Waals surface area contributed by atoms with E-state index in [2.05, 4.69) is 54.1 Å². The first-order valence-electron chi connectivity index (χ1n) is 6.22. The Morgan fingerprint density at radius 2 is 1.71 bits per heavy atom. The van der Waals surface area contributed by atoms with Crippen LogP contribution in [-0.4, -0.2) is 4.57 Å². The summed E-state index contributed by atoms with van der Waals surface area (Å²) in [6.07, 6.45) is 8.23. The molecule has 17 heavy (non-hydrogen) atoms. The van der Waals surface area contributed by atoms with Crippen LogP contribution in [-0.2, 0) is 0 Å². The summed E-state index contributed by atoms with van der Waals surface area (Å²) < 4.78 is 2.29. The topological polar surface area (TPSA) is 4.93 Å². The molecule has 0 saturated heterocycles. The summed E-state index contributed by atoms with van der Waals surface area (Å²) in [5.41, 5.74) is 0. The van der Waals surface area contributed by atoms with Crippen molar-refractivity contribution in [2.45, 2.75) is 25.3 Å². The monoisotopic (exact) mass is 223 g/mol. The van der Waals surface area contributed by atoms with Crippen LogP contribution in [0.4, 0.5) is 0 Å². The van der Waals surface area contributed by atoms with Crippen molar-refractivity contribution in [2.24, 2.45) is 0 Å². The molecule has 1 aliphatic rings. The van der Waals surface area contributed by atoms with Crippen molar-refractivity contribution in [1.82, 2.24) is 4.57 Å². The van der Waals surface area contributed by atoms with Crippen LogP contribution in [0.5, 0.6) is 0 Å².